The van der Waals surface area contributed by atoms with Crippen molar-refractivity contribution in [3.63, 3.8) is 0 Å². The molecule has 0 atom stereocenters. The molecule has 1 nitrogen and oxygen atoms in total. The number of hydrogen-bond donors (Lipinski definition) is 1. The first-order chi connectivity index (χ1) is 9.21. The van der Waals surface area contributed by atoms with E-state index in [4.69, 9.17) is 0 Å². The normalized spacial score (nSPS) is 10.7. The molecule has 1 N–H and O–H groups in total. The highest BCUT2D eigenvalue weighted by atomic mass is 16.3. The summed E-state index contributed by atoms with van der Waals surface area (Å²) in [4.78, 5) is 0. The zero-order valence-electron chi connectivity index (χ0n) is 12.0. The maximum Gasteiger partial charge on any atom is 0.126 e. The zero-order valence-corrected chi connectivity index (χ0v) is 12.0. The molecular weight excluding hydrogens is 232 g/mol. The van der Waals surface area contributed by atoms with Gasteiger partial charge in [0, 0.05) is 5.56 Å². The summed E-state index contributed by atoms with van der Waals surface area (Å²) in [5, 5.41) is 10.5. The van der Waals surface area contributed by atoms with Gasteiger partial charge in [0.2, 0.25) is 0 Å². The number of hydrogen-bond acceptors (Lipinski definition) is 1. The van der Waals surface area contributed by atoms with E-state index >= 15 is 0 Å². The van der Waals surface area contributed by atoms with Gasteiger partial charge in [0.05, 0.1) is 0 Å². The second kappa shape index (κ2) is 5.92. The third kappa shape index (κ3) is 2.65. The summed E-state index contributed by atoms with van der Waals surface area (Å²) >= 11 is 0. The number of aryl methyl sites for hydroxylation is 3. The molecule has 0 radical (unpaired) electrons. The van der Waals surface area contributed by atoms with Gasteiger partial charge in [0.1, 0.15) is 5.75 Å². The molecule has 0 aromatic heterocycles. The molecule has 0 saturated carbocycles. The summed E-state index contributed by atoms with van der Waals surface area (Å²) in [6.45, 7) is 6.36. The van der Waals surface area contributed by atoms with Crippen molar-refractivity contribution in [1.82, 2.24) is 0 Å². The van der Waals surface area contributed by atoms with E-state index in [-0.39, 0.29) is 0 Å². The van der Waals surface area contributed by atoms with Crippen molar-refractivity contribution < 1.29 is 5.11 Å². The van der Waals surface area contributed by atoms with Crippen LogP contribution in [-0.2, 0) is 19.3 Å². The third-order valence-electron chi connectivity index (χ3n) is 3.76. The summed E-state index contributed by atoms with van der Waals surface area (Å²) in [6, 6.07) is 12.7. The molecular formula is C18H22O. The van der Waals surface area contributed by atoms with Crippen LogP contribution in [0, 0.1) is 0 Å². The fraction of sp³-hybridized carbons (Fsp3) is 0.333. The predicted octanol–water partition coefficient (Wildman–Crippen LogP) is 4.75. The Balaban J connectivity index is 2.57. The van der Waals surface area contributed by atoms with Crippen LogP contribution in [0.2, 0.25) is 0 Å². The molecule has 2 aromatic carbocycles. The van der Waals surface area contributed by atoms with Crippen LogP contribution >= 0.6 is 0 Å². The third-order valence-corrected chi connectivity index (χ3v) is 3.76. The van der Waals surface area contributed by atoms with Crippen LogP contribution < -0.4 is 0 Å². The monoisotopic (exact) mass is 254 g/mol. The fourth-order valence-corrected chi connectivity index (χ4v) is 2.49. The van der Waals surface area contributed by atoms with Gasteiger partial charge in [-0.15, -0.1) is 0 Å². The average Bonchev–Trinajstić information content (AvgIpc) is 2.47. The van der Waals surface area contributed by atoms with Gasteiger partial charge in [0.15, 0.2) is 0 Å². The van der Waals surface area contributed by atoms with Crippen molar-refractivity contribution in [3.8, 4) is 16.9 Å². The molecule has 2 aromatic rings. The highest BCUT2D eigenvalue weighted by molar-refractivity contribution is 5.75. The molecule has 0 amide bonds. The topological polar surface area (TPSA) is 20.2 Å². The molecule has 0 fully saturated rings. The molecule has 0 unspecified atom stereocenters. The van der Waals surface area contributed by atoms with Crippen LogP contribution in [-0.4, -0.2) is 5.11 Å². The first kappa shape index (κ1) is 13.7. The van der Waals surface area contributed by atoms with Crippen molar-refractivity contribution in [1.29, 1.82) is 0 Å². The summed E-state index contributed by atoms with van der Waals surface area (Å²) in [5.74, 6) is 0.450. The Kier molecular flexibility index (Phi) is 4.26. The SMILES string of the molecule is CCc1ccc(-c2c(CC)ccc(CC)c2O)cc1. The molecule has 0 saturated heterocycles. The molecule has 0 aliphatic carbocycles. The van der Waals surface area contributed by atoms with Crippen molar-refractivity contribution in [2.24, 2.45) is 0 Å². The van der Waals surface area contributed by atoms with Gasteiger partial charge in [-0.25, -0.2) is 0 Å². The van der Waals surface area contributed by atoms with E-state index in [9.17, 15) is 5.11 Å². The molecule has 0 bridgehead atoms. The number of aromatic hydroxyl groups is 1. The number of phenolic OH excluding ortho intramolecular Hbond substituents is 1. The zero-order chi connectivity index (χ0) is 13.8. The maximum absolute atomic E-state index is 10.5. The Hall–Kier alpha value is -1.76. The molecule has 0 aliphatic rings. The van der Waals surface area contributed by atoms with E-state index in [0.717, 1.165) is 36.0 Å². The van der Waals surface area contributed by atoms with Gasteiger partial charge in [-0.3, -0.25) is 0 Å². The van der Waals surface area contributed by atoms with Gasteiger partial charge < -0.3 is 5.11 Å². The number of rotatable bonds is 4. The Bertz CT molecular complexity index is 553. The summed E-state index contributed by atoms with van der Waals surface area (Å²) < 4.78 is 0. The smallest absolute Gasteiger partial charge is 0.126 e. The highest BCUT2D eigenvalue weighted by Gasteiger charge is 2.12. The maximum atomic E-state index is 10.5. The number of benzene rings is 2. The van der Waals surface area contributed by atoms with E-state index < -0.39 is 0 Å². The Morgan fingerprint density at radius 1 is 0.737 bits per heavy atom. The summed E-state index contributed by atoms with van der Waals surface area (Å²) in [5.41, 5.74) is 5.67. The molecule has 0 spiro atoms. The standard InChI is InChI=1S/C18H22O/c1-4-13-7-9-16(10-8-13)17-14(5-2)11-12-15(6-3)18(17)19/h7-12,19H,4-6H2,1-3H3. The molecule has 2 rings (SSSR count). The lowest BCUT2D eigenvalue weighted by Crippen LogP contribution is -1.93. The first-order valence-electron chi connectivity index (χ1n) is 7.14. The minimum Gasteiger partial charge on any atom is -0.507 e. The van der Waals surface area contributed by atoms with E-state index in [1.807, 2.05) is 6.07 Å². The largest absolute Gasteiger partial charge is 0.507 e. The second-order valence-corrected chi connectivity index (χ2v) is 4.87. The fourth-order valence-electron chi connectivity index (χ4n) is 2.49. The number of phenols is 1. The van der Waals surface area contributed by atoms with E-state index in [2.05, 4.69) is 51.1 Å². The van der Waals surface area contributed by atoms with Crippen LogP contribution in [0.15, 0.2) is 36.4 Å². The van der Waals surface area contributed by atoms with E-state index in [1.54, 1.807) is 0 Å². The Labute approximate surface area is 115 Å². The Morgan fingerprint density at radius 2 is 1.32 bits per heavy atom. The van der Waals surface area contributed by atoms with Crippen molar-refractivity contribution in [2.75, 3.05) is 0 Å². The lowest BCUT2D eigenvalue weighted by molar-refractivity contribution is 0.470. The predicted molar refractivity (Wildman–Crippen MR) is 81.7 cm³/mol. The summed E-state index contributed by atoms with van der Waals surface area (Å²) in [6.07, 6.45) is 2.83. The van der Waals surface area contributed by atoms with Gasteiger partial charge >= 0.3 is 0 Å². The van der Waals surface area contributed by atoms with Crippen molar-refractivity contribution in [3.05, 3.63) is 53.1 Å². The summed E-state index contributed by atoms with van der Waals surface area (Å²) in [7, 11) is 0. The molecule has 0 aliphatic heterocycles. The Morgan fingerprint density at radius 3 is 1.84 bits per heavy atom. The average molecular weight is 254 g/mol. The van der Waals surface area contributed by atoms with Crippen LogP contribution in [0.4, 0.5) is 0 Å². The van der Waals surface area contributed by atoms with Crippen LogP contribution in [0.5, 0.6) is 5.75 Å². The van der Waals surface area contributed by atoms with Gasteiger partial charge in [0.25, 0.3) is 0 Å². The van der Waals surface area contributed by atoms with Crippen molar-refractivity contribution >= 4 is 0 Å². The van der Waals surface area contributed by atoms with Crippen molar-refractivity contribution in [2.45, 2.75) is 40.0 Å². The van der Waals surface area contributed by atoms with Gasteiger partial charge in [-0.2, -0.15) is 0 Å². The van der Waals surface area contributed by atoms with Crippen LogP contribution in [0.25, 0.3) is 11.1 Å². The molecule has 0 heterocycles. The lowest BCUT2D eigenvalue weighted by Gasteiger charge is -2.14. The molecule has 1 heteroatoms. The van der Waals surface area contributed by atoms with Gasteiger partial charge in [-0.05, 0) is 41.5 Å². The highest BCUT2D eigenvalue weighted by Crippen LogP contribution is 2.36. The van der Waals surface area contributed by atoms with E-state index in [1.165, 1.54) is 11.1 Å². The molecule has 100 valence electrons. The van der Waals surface area contributed by atoms with Crippen LogP contribution in [0.3, 0.4) is 0 Å². The minimum absolute atomic E-state index is 0.450. The second-order valence-electron chi connectivity index (χ2n) is 4.87. The minimum atomic E-state index is 0.450. The van der Waals surface area contributed by atoms with Gasteiger partial charge in [-0.1, -0.05) is 57.2 Å². The quantitative estimate of drug-likeness (QED) is 0.835. The van der Waals surface area contributed by atoms with Crippen LogP contribution in [0.1, 0.15) is 37.5 Å². The first-order valence-corrected chi connectivity index (χ1v) is 7.14. The lowest BCUT2D eigenvalue weighted by atomic mass is 9.93. The molecule has 19 heavy (non-hydrogen) atoms. The van der Waals surface area contributed by atoms with E-state index in [0.29, 0.717) is 5.75 Å².